The zero-order chi connectivity index (χ0) is 23.4. The predicted octanol–water partition coefficient (Wildman–Crippen LogP) is 10.7. The lowest BCUT2D eigenvalue weighted by molar-refractivity contribution is 0.304. The molecule has 0 heterocycles. The highest BCUT2D eigenvalue weighted by Crippen LogP contribution is 2.28. The first-order valence-electron chi connectivity index (χ1n) is 14.4. The lowest BCUT2D eigenvalue weighted by Gasteiger charge is -2.16. The molecule has 1 aromatic rings. The summed E-state index contributed by atoms with van der Waals surface area (Å²) in [5.41, 5.74) is 2.69. The van der Waals surface area contributed by atoms with Crippen molar-refractivity contribution in [1.82, 2.24) is 0 Å². The van der Waals surface area contributed by atoms with Crippen LogP contribution in [0.3, 0.4) is 0 Å². The summed E-state index contributed by atoms with van der Waals surface area (Å²) in [6, 6.07) is 8.72. The average Bonchev–Trinajstić information content (AvgIpc) is 2.85. The smallest absolute Gasteiger partial charge is 0.119 e. The van der Waals surface area contributed by atoms with Crippen molar-refractivity contribution in [2.75, 3.05) is 6.61 Å². The maximum absolute atomic E-state index is 5.96. The molecule has 1 unspecified atom stereocenters. The highest BCUT2D eigenvalue weighted by molar-refractivity contribution is 5.75. The van der Waals surface area contributed by atoms with Crippen molar-refractivity contribution >= 4 is 5.57 Å². The molecule has 33 heavy (non-hydrogen) atoms. The van der Waals surface area contributed by atoms with Gasteiger partial charge in [0.15, 0.2) is 0 Å². The van der Waals surface area contributed by atoms with Crippen molar-refractivity contribution < 1.29 is 4.74 Å². The van der Waals surface area contributed by atoms with Crippen LogP contribution in [0, 0.1) is 5.92 Å². The molecular formula is C32H52O. The van der Waals surface area contributed by atoms with E-state index in [1.165, 1.54) is 127 Å². The van der Waals surface area contributed by atoms with E-state index < -0.39 is 0 Å². The molecule has 0 saturated heterocycles. The van der Waals surface area contributed by atoms with Gasteiger partial charge < -0.3 is 4.74 Å². The van der Waals surface area contributed by atoms with Crippen LogP contribution in [0.25, 0.3) is 5.57 Å². The quantitative estimate of drug-likeness (QED) is 0.179. The van der Waals surface area contributed by atoms with E-state index in [1.807, 2.05) is 0 Å². The summed E-state index contributed by atoms with van der Waals surface area (Å²) in [5, 5.41) is 0. The van der Waals surface area contributed by atoms with Crippen molar-refractivity contribution in [3.05, 3.63) is 48.1 Å². The summed E-state index contributed by atoms with van der Waals surface area (Å²) in [4.78, 5) is 0. The highest BCUT2D eigenvalue weighted by Gasteiger charge is 2.10. The Morgan fingerprint density at radius 1 is 0.667 bits per heavy atom. The minimum absolute atomic E-state index is 0.739. The minimum Gasteiger partial charge on any atom is -0.494 e. The van der Waals surface area contributed by atoms with Crippen LogP contribution < -0.4 is 4.74 Å². The third-order valence-corrected chi connectivity index (χ3v) is 7.07. The van der Waals surface area contributed by atoms with E-state index >= 15 is 0 Å². The number of benzene rings is 1. The van der Waals surface area contributed by atoms with E-state index in [1.54, 1.807) is 0 Å². The number of hydrogen-bond acceptors (Lipinski definition) is 1. The predicted molar refractivity (Wildman–Crippen MR) is 147 cm³/mol. The largest absolute Gasteiger partial charge is 0.494 e. The minimum atomic E-state index is 0.739. The molecule has 1 aliphatic carbocycles. The van der Waals surface area contributed by atoms with Crippen LogP contribution in [0.4, 0.5) is 0 Å². The topological polar surface area (TPSA) is 9.23 Å². The van der Waals surface area contributed by atoms with Gasteiger partial charge >= 0.3 is 0 Å². The zero-order valence-electron chi connectivity index (χ0n) is 22.0. The molecule has 2 rings (SSSR count). The van der Waals surface area contributed by atoms with E-state index in [2.05, 4.69) is 56.3 Å². The molecule has 0 radical (unpaired) electrons. The van der Waals surface area contributed by atoms with Crippen LogP contribution >= 0.6 is 0 Å². The molecule has 0 N–H and O–H groups in total. The Morgan fingerprint density at radius 3 is 1.76 bits per heavy atom. The summed E-state index contributed by atoms with van der Waals surface area (Å²) >= 11 is 0. The van der Waals surface area contributed by atoms with Gasteiger partial charge in [-0.1, -0.05) is 141 Å². The summed E-state index contributed by atoms with van der Waals surface area (Å²) in [6.45, 7) is 5.42. The molecule has 0 aliphatic heterocycles. The molecular weight excluding hydrogens is 400 g/mol. The fraction of sp³-hybridized carbons (Fsp3) is 0.688. The first kappa shape index (κ1) is 27.7. The molecule has 1 aliphatic rings. The number of hydrogen-bond donors (Lipinski definition) is 0. The van der Waals surface area contributed by atoms with Gasteiger partial charge in [0, 0.05) is 0 Å². The molecule has 0 spiro atoms. The van der Waals surface area contributed by atoms with E-state index in [-0.39, 0.29) is 0 Å². The number of rotatable bonds is 20. The summed E-state index contributed by atoms with van der Waals surface area (Å²) < 4.78 is 5.96. The van der Waals surface area contributed by atoms with Crippen molar-refractivity contribution in [1.29, 1.82) is 0 Å². The number of allylic oxidation sites excluding steroid dienone is 4. The SMILES string of the molecule is CCCCCCCCCCOc1ccc(C2=CCC(CCCCCCCCCC)C=C2)cc1. The van der Waals surface area contributed by atoms with Gasteiger partial charge in [-0.15, -0.1) is 0 Å². The Hall–Kier alpha value is -1.50. The fourth-order valence-corrected chi connectivity index (χ4v) is 4.80. The molecule has 0 aromatic heterocycles. The average molecular weight is 453 g/mol. The Morgan fingerprint density at radius 2 is 1.21 bits per heavy atom. The van der Waals surface area contributed by atoms with Gasteiger partial charge in [0.25, 0.3) is 0 Å². The summed E-state index contributed by atoms with van der Waals surface area (Å²) in [7, 11) is 0. The maximum Gasteiger partial charge on any atom is 0.119 e. The van der Waals surface area contributed by atoms with Crippen molar-refractivity contribution in [3.8, 4) is 5.75 Å². The molecule has 0 saturated carbocycles. The Kier molecular flexibility index (Phi) is 15.9. The standard InChI is InChI=1S/C32H52O/c1-3-5-7-9-11-13-15-17-19-29-20-22-30(23-21-29)31-24-26-32(27-25-31)33-28-18-16-14-12-10-8-6-4-2/h20,22-27,29H,3-19,21,28H2,1-2H3. The molecule has 1 nitrogen and oxygen atoms in total. The number of unbranched alkanes of at least 4 members (excludes halogenated alkanes) is 14. The summed E-state index contributed by atoms with van der Waals surface area (Å²) in [5.74, 6) is 1.75. The van der Waals surface area contributed by atoms with Crippen LogP contribution in [0.2, 0.25) is 0 Å². The lowest BCUT2D eigenvalue weighted by atomic mass is 9.89. The summed E-state index contributed by atoms with van der Waals surface area (Å²) in [6.07, 6.45) is 31.8. The van der Waals surface area contributed by atoms with Crippen LogP contribution in [0.1, 0.15) is 135 Å². The molecule has 0 bridgehead atoms. The first-order valence-corrected chi connectivity index (χ1v) is 14.4. The van der Waals surface area contributed by atoms with Crippen molar-refractivity contribution in [2.45, 2.75) is 129 Å². The molecule has 0 fully saturated rings. The Balaban J connectivity index is 1.54. The van der Waals surface area contributed by atoms with Crippen molar-refractivity contribution in [2.24, 2.45) is 5.92 Å². The van der Waals surface area contributed by atoms with Crippen LogP contribution in [0.15, 0.2) is 42.5 Å². The molecule has 186 valence electrons. The van der Waals surface area contributed by atoms with Gasteiger partial charge in [-0.3, -0.25) is 0 Å². The van der Waals surface area contributed by atoms with E-state index in [4.69, 9.17) is 4.74 Å². The van der Waals surface area contributed by atoms with Gasteiger partial charge in [0.05, 0.1) is 6.61 Å². The van der Waals surface area contributed by atoms with Gasteiger partial charge in [-0.05, 0) is 48.4 Å². The second-order valence-corrected chi connectivity index (χ2v) is 10.1. The molecule has 0 amide bonds. The van der Waals surface area contributed by atoms with E-state index in [9.17, 15) is 0 Å². The Bertz CT molecular complexity index is 639. The normalized spacial score (nSPS) is 15.6. The second kappa shape index (κ2) is 18.9. The van der Waals surface area contributed by atoms with Gasteiger partial charge in [-0.2, -0.15) is 0 Å². The van der Waals surface area contributed by atoms with Gasteiger partial charge in [0.1, 0.15) is 5.75 Å². The first-order chi connectivity index (χ1) is 16.3. The monoisotopic (exact) mass is 452 g/mol. The van der Waals surface area contributed by atoms with Gasteiger partial charge in [0.2, 0.25) is 0 Å². The molecule has 1 atom stereocenters. The maximum atomic E-state index is 5.96. The van der Waals surface area contributed by atoms with E-state index in [0.29, 0.717) is 0 Å². The Labute approximate surface area is 206 Å². The fourth-order valence-electron chi connectivity index (χ4n) is 4.80. The van der Waals surface area contributed by atoms with E-state index in [0.717, 1.165) is 18.3 Å². The van der Waals surface area contributed by atoms with Crippen molar-refractivity contribution in [3.63, 3.8) is 0 Å². The van der Waals surface area contributed by atoms with Gasteiger partial charge in [-0.25, -0.2) is 0 Å². The van der Waals surface area contributed by atoms with Crippen LogP contribution in [-0.4, -0.2) is 6.61 Å². The second-order valence-electron chi connectivity index (χ2n) is 10.1. The zero-order valence-corrected chi connectivity index (χ0v) is 22.0. The lowest BCUT2D eigenvalue weighted by Crippen LogP contribution is -2.00. The molecule has 1 aromatic carbocycles. The molecule has 1 heteroatoms. The third kappa shape index (κ3) is 13.1. The van der Waals surface area contributed by atoms with Crippen LogP contribution in [-0.2, 0) is 0 Å². The number of ether oxygens (including phenoxy) is 1. The third-order valence-electron chi connectivity index (χ3n) is 7.07. The highest BCUT2D eigenvalue weighted by atomic mass is 16.5. The van der Waals surface area contributed by atoms with Crippen LogP contribution in [0.5, 0.6) is 5.75 Å².